The molecule has 2 aliphatic rings. The summed E-state index contributed by atoms with van der Waals surface area (Å²) < 4.78 is 24.7. The second kappa shape index (κ2) is 8.82. The number of hydrogen-bond donors (Lipinski definition) is 1. The monoisotopic (exact) mass is 364 g/mol. The second-order valence-electron chi connectivity index (χ2n) is 7.29. The summed E-state index contributed by atoms with van der Waals surface area (Å²) in [5.41, 5.74) is 0.00933. The Morgan fingerprint density at radius 1 is 1.27 bits per heavy atom. The molecule has 2 fully saturated rings. The topological polar surface area (TPSA) is 50.8 Å². The first kappa shape index (κ1) is 19.1. The Hall–Kier alpha value is -1.66. The zero-order chi connectivity index (χ0) is 18.4. The van der Waals surface area contributed by atoms with Gasteiger partial charge in [-0.15, -0.1) is 0 Å². The second-order valence-corrected chi connectivity index (χ2v) is 7.29. The number of carbonyl (C=O) groups is 1. The molecule has 1 aromatic carbocycles. The minimum atomic E-state index is -0.739. The first-order valence-electron chi connectivity index (χ1n) is 9.62. The third kappa shape index (κ3) is 4.54. The average Bonchev–Trinajstić information content (AvgIpc) is 2.69. The van der Waals surface area contributed by atoms with E-state index in [0.29, 0.717) is 6.54 Å². The van der Waals surface area contributed by atoms with E-state index in [9.17, 15) is 9.18 Å². The molecule has 3 rings (SSSR count). The maximum Gasteiger partial charge on any atom is 0.260 e. The first-order valence-corrected chi connectivity index (χ1v) is 9.62. The van der Waals surface area contributed by atoms with Crippen molar-refractivity contribution in [2.24, 2.45) is 0 Å². The van der Waals surface area contributed by atoms with Crippen LogP contribution in [0.3, 0.4) is 0 Å². The number of ether oxygens (including phenoxy) is 2. The minimum Gasteiger partial charge on any atom is -0.478 e. The predicted octanol–water partition coefficient (Wildman–Crippen LogP) is 2.74. The largest absolute Gasteiger partial charge is 0.478 e. The third-order valence-electron chi connectivity index (χ3n) is 5.57. The maximum absolute atomic E-state index is 13.7. The van der Waals surface area contributed by atoms with E-state index in [1.54, 1.807) is 19.1 Å². The van der Waals surface area contributed by atoms with Crippen molar-refractivity contribution >= 4 is 5.91 Å². The Kier molecular flexibility index (Phi) is 6.48. The van der Waals surface area contributed by atoms with Gasteiger partial charge in [0, 0.05) is 25.2 Å². The van der Waals surface area contributed by atoms with Gasteiger partial charge < -0.3 is 14.8 Å². The number of para-hydroxylation sites is 1. The van der Waals surface area contributed by atoms with Crippen LogP contribution in [-0.2, 0) is 9.53 Å². The number of amides is 1. The predicted molar refractivity (Wildman–Crippen MR) is 97.7 cm³/mol. The fraction of sp³-hybridized carbons (Fsp3) is 0.650. The van der Waals surface area contributed by atoms with Crippen molar-refractivity contribution in [1.29, 1.82) is 0 Å². The molecule has 1 saturated carbocycles. The van der Waals surface area contributed by atoms with Gasteiger partial charge in [-0.3, -0.25) is 9.69 Å². The van der Waals surface area contributed by atoms with Crippen molar-refractivity contribution in [3.63, 3.8) is 0 Å². The lowest BCUT2D eigenvalue weighted by atomic mass is 9.79. The number of carbonyl (C=O) groups excluding carboxylic acids is 1. The normalized spacial score (nSPS) is 21.8. The summed E-state index contributed by atoms with van der Waals surface area (Å²) in [4.78, 5) is 15.0. The Bertz CT molecular complexity index is 598. The lowest BCUT2D eigenvalue weighted by molar-refractivity contribution is -0.128. The molecule has 1 aromatic rings. The lowest BCUT2D eigenvalue weighted by Crippen LogP contribution is -2.60. The molecular formula is C20H29FN2O3. The molecule has 1 N–H and O–H groups in total. The number of benzene rings is 1. The highest BCUT2D eigenvalue weighted by Crippen LogP contribution is 2.34. The maximum atomic E-state index is 13.7. The highest BCUT2D eigenvalue weighted by atomic mass is 19.1. The summed E-state index contributed by atoms with van der Waals surface area (Å²) in [6.45, 7) is 5.60. The van der Waals surface area contributed by atoms with Crippen LogP contribution in [0.25, 0.3) is 0 Å². The van der Waals surface area contributed by atoms with Crippen molar-refractivity contribution in [3.8, 4) is 5.75 Å². The van der Waals surface area contributed by atoms with Crippen LogP contribution in [0, 0.1) is 5.82 Å². The summed E-state index contributed by atoms with van der Waals surface area (Å²) in [6, 6.07) is 6.16. The number of morpholine rings is 1. The number of nitrogens with one attached hydrogen (secondary N) is 1. The minimum absolute atomic E-state index is 0.00933. The van der Waals surface area contributed by atoms with Gasteiger partial charge in [0.2, 0.25) is 0 Å². The van der Waals surface area contributed by atoms with E-state index in [1.807, 2.05) is 0 Å². The highest BCUT2D eigenvalue weighted by Gasteiger charge is 2.39. The van der Waals surface area contributed by atoms with Crippen LogP contribution in [0.15, 0.2) is 24.3 Å². The summed E-state index contributed by atoms with van der Waals surface area (Å²) in [7, 11) is 0. The van der Waals surface area contributed by atoms with E-state index in [0.717, 1.165) is 39.1 Å². The first-order chi connectivity index (χ1) is 12.6. The zero-order valence-corrected chi connectivity index (χ0v) is 15.5. The van der Waals surface area contributed by atoms with Gasteiger partial charge in [-0.25, -0.2) is 4.39 Å². The van der Waals surface area contributed by atoms with Crippen molar-refractivity contribution in [2.75, 3.05) is 32.8 Å². The molecule has 1 aliphatic carbocycles. The van der Waals surface area contributed by atoms with Crippen LogP contribution in [0.1, 0.15) is 39.0 Å². The van der Waals surface area contributed by atoms with Crippen molar-refractivity contribution in [2.45, 2.75) is 50.7 Å². The van der Waals surface area contributed by atoms with E-state index in [2.05, 4.69) is 10.2 Å². The molecule has 5 nitrogen and oxygen atoms in total. The molecule has 1 atom stereocenters. The third-order valence-corrected chi connectivity index (χ3v) is 5.57. The Balaban J connectivity index is 1.59. The van der Waals surface area contributed by atoms with Crippen LogP contribution in [0.4, 0.5) is 4.39 Å². The fourth-order valence-electron chi connectivity index (χ4n) is 4.03. The van der Waals surface area contributed by atoms with Gasteiger partial charge in [0.1, 0.15) is 0 Å². The summed E-state index contributed by atoms with van der Waals surface area (Å²) in [5, 5.41) is 3.06. The van der Waals surface area contributed by atoms with Crippen LogP contribution in [0.2, 0.25) is 0 Å². The fourth-order valence-corrected chi connectivity index (χ4v) is 4.03. The van der Waals surface area contributed by atoms with Gasteiger partial charge >= 0.3 is 0 Å². The Morgan fingerprint density at radius 2 is 1.96 bits per heavy atom. The average molecular weight is 364 g/mol. The van der Waals surface area contributed by atoms with E-state index in [1.165, 1.54) is 31.4 Å². The standard InChI is InChI=1S/C20H29FN2O3/c1-16(26-18-8-4-3-7-17(18)21)19(24)22-15-20(9-5-2-6-10-20)23-11-13-25-14-12-23/h3-4,7-8,16H,2,5-6,9-15H2,1H3,(H,22,24)/t16-/m0/s1. The molecule has 0 spiro atoms. The van der Waals surface area contributed by atoms with Crippen molar-refractivity contribution in [1.82, 2.24) is 10.2 Å². The van der Waals surface area contributed by atoms with Gasteiger partial charge in [-0.05, 0) is 31.9 Å². The van der Waals surface area contributed by atoms with E-state index in [4.69, 9.17) is 9.47 Å². The number of halogens is 1. The Morgan fingerprint density at radius 3 is 2.65 bits per heavy atom. The molecular weight excluding hydrogens is 335 g/mol. The van der Waals surface area contributed by atoms with Crippen LogP contribution in [0.5, 0.6) is 5.75 Å². The molecule has 0 unspecified atom stereocenters. The SMILES string of the molecule is C[C@H](Oc1ccccc1F)C(=O)NCC1(N2CCOCC2)CCCCC1. The molecule has 26 heavy (non-hydrogen) atoms. The van der Waals surface area contributed by atoms with Gasteiger partial charge in [0.15, 0.2) is 17.7 Å². The van der Waals surface area contributed by atoms with Gasteiger partial charge in [0.05, 0.1) is 13.2 Å². The molecule has 0 aromatic heterocycles. The highest BCUT2D eigenvalue weighted by molar-refractivity contribution is 5.80. The molecule has 144 valence electrons. The van der Waals surface area contributed by atoms with Gasteiger partial charge in [-0.2, -0.15) is 0 Å². The molecule has 1 amide bonds. The zero-order valence-electron chi connectivity index (χ0n) is 15.5. The summed E-state index contributed by atoms with van der Waals surface area (Å²) >= 11 is 0. The van der Waals surface area contributed by atoms with Crippen molar-refractivity contribution < 1.29 is 18.7 Å². The number of hydrogen-bond acceptors (Lipinski definition) is 4. The lowest BCUT2D eigenvalue weighted by Gasteiger charge is -2.48. The van der Waals surface area contributed by atoms with Crippen LogP contribution >= 0.6 is 0 Å². The molecule has 0 radical (unpaired) electrons. The molecule has 1 aliphatic heterocycles. The summed E-state index contributed by atoms with van der Waals surface area (Å²) in [5.74, 6) is -0.550. The molecule has 1 saturated heterocycles. The van der Waals surface area contributed by atoms with E-state index in [-0.39, 0.29) is 17.2 Å². The summed E-state index contributed by atoms with van der Waals surface area (Å²) in [6.07, 6.45) is 5.08. The van der Waals surface area contributed by atoms with E-state index >= 15 is 0 Å². The van der Waals surface area contributed by atoms with Crippen LogP contribution < -0.4 is 10.1 Å². The molecule has 0 bridgehead atoms. The Labute approximate surface area is 154 Å². The van der Waals surface area contributed by atoms with Crippen LogP contribution in [-0.4, -0.2) is 55.3 Å². The van der Waals surface area contributed by atoms with Crippen molar-refractivity contribution in [3.05, 3.63) is 30.1 Å². The molecule has 1 heterocycles. The quantitative estimate of drug-likeness (QED) is 0.843. The smallest absolute Gasteiger partial charge is 0.260 e. The van der Waals surface area contributed by atoms with Gasteiger partial charge in [-0.1, -0.05) is 31.4 Å². The number of rotatable bonds is 6. The van der Waals surface area contributed by atoms with Gasteiger partial charge in [0.25, 0.3) is 5.91 Å². The molecule has 6 heteroatoms. The van der Waals surface area contributed by atoms with E-state index < -0.39 is 11.9 Å². The number of nitrogens with zero attached hydrogens (tertiary/aromatic N) is 1.